The van der Waals surface area contributed by atoms with E-state index < -0.39 is 0 Å². The summed E-state index contributed by atoms with van der Waals surface area (Å²) in [4.78, 5) is 28.3. The number of aryl methyl sites for hydroxylation is 2. The van der Waals surface area contributed by atoms with E-state index in [1.54, 1.807) is 7.05 Å². The number of amides is 2. The lowest BCUT2D eigenvalue weighted by molar-refractivity contribution is -0.133. The molecule has 1 fully saturated rings. The molecule has 1 N–H and O–H groups in total. The number of likely N-dealkylation sites (N-methyl/N-ethyl adjacent to an activating group) is 1. The number of morpholine rings is 1. The molecule has 0 saturated carbocycles. The van der Waals surface area contributed by atoms with Crippen molar-refractivity contribution >= 4 is 23.2 Å². The summed E-state index contributed by atoms with van der Waals surface area (Å²) >= 11 is 0. The Morgan fingerprint density at radius 3 is 2.48 bits per heavy atom. The molecule has 1 aromatic heterocycles. The lowest BCUT2D eigenvalue weighted by Crippen LogP contribution is -2.36. The summed E-state index contributed by atoms with van der Waals surface area (Å²) < 4.78 is 10.5. The van der Waals surface area contributed by atoms with Gasteiger partial charge in [-0.3, -0.25) is 9.59 Å². The first-order chi connectivity index (χ1) is 13.9. The zero-order chi connectivity index (χ0) is 20.8. The van der Waals surface area contributed by atoms with E-state index in [0.29, 0.717) is 18.5 Å². The van der Waals surface area contributed by atoms with Crippen LogP contribution in [0.5, 0.6) is 0 Å². The first kappa shape index (κ1) is 20.9. The third-order valence-electron chi connectivity index (χ3n) is 5.10. The fourth-order valence-corrected chi connectivity index (χ4v) is 3.36. The van der Waals surface area contributed by atoms with Gasteiger partial charge in [-0.2, -0.15) is 0 Å². The number of anilines is 2. The maximum absolute atomic E-state index is 12.3. The molecule has 0 unspecified atom stereocenters. The fraction of sp³-hybridized carbons (Fsp3) is 0.476. The molecule has 2 amide bonds. The Kier molecular flexibility index (Phi) is 6.87. The van der Waals surface area contributed by atoms with Gasteiger partial charge in [0.15, 0.2) is 0 Å². The van der Waals surface area contributed by atoms with Gasteiger partial charge in [-0.25, -0.2) is 0 Å². The van der Waals surface area contributed by atoms with Gasteiger partial charge in [0.25, 0.3) is 0 Å². The molecule has 0 aliphatic carbocycles. The number of benzene rings is 1. The van der Waals surface area contributed by atoms with Crippen molar-refractivity contribution in [2.75, 3.05) is 50.1 Å². The molecule has 29 heavy (non-hydrogen) atoms. The van der Waals surface area contributed by atoms with Crippen molar-refractivity contribution in [1.29, 1.82) is 0 Å². The number of hydrogen-bond acceptors (Lipinski definition) is 6. The van der Waals surface area contributed by atoms with Gasteiger partial charge in [-0.05, 0) is 44.5 Å². The van der Waals surface area contributed by atoms with Gasteiger partial charge in [-0.15, -0.1) is 0 Å². The highest BCUT2D eigenvalue weighted by Gasteiger charge is 2.16. The minimum Gasteiger partial charge on any atom is -0.378 e. The molecule has 8 heteroatoms. The number of ether oxygens (including phenoxy) is 1. The van der Waals surface area contributed by atoms with Crippen molar-refractivity contribution in [3.63, 3.8) is 0 Å². The Morgan fingerprint density at radius 2 is 1.86 bits per heavy atom. The molecule has 0 atom stereocenters. The van der Waals surface area contributed by atoms with Crippen molar-refractivity contribution in [2.24, 2.45) is 0 Å². The van der Waals surface area contributed by atoms with E-state index in [1.165, 1.54) is 4.90 Å². The van der Waals surface area contributed by atoms with Crippen LogP contribution >= 0.6 is 0 Å². The Balaban J connectivity index is 1.46. The van der Waals surface area contributed by atoms with Crippen LogP contribution in [-0.2, 0) is 20.7 Å². The Hall–Kier alpha value is -2.87. The second-order valence-electron chi connectivity index (χ2n) is 7.25. The number of nitrogens with zero attached hydrogens (tertiary/aromatic N) is 3. The van der Waals surface area contributed by atoms with E-state index in [4.69, 9.17) is 9.26 Å². The predicted octanol–water partition coefficient (Wildman–Crippen LogP) is 2.16. The average molecular weight is 400 g/mol. The van der Waals surface area contributed by atoms with Crippen molar-refractivity contribution in [3.8, 4) is 0 Å². The van der Waals surface area contributed by atoms with E-state index in [1.807, 2.05) is 38.1 Å². The van der Waals surface area contributed by atoms with Crippen molar-refractivity contribution in [1.82, 2.24) is 10.1 Å². The molecule has 0 bridgehead atoms. The standard InChI is InChI=1S/C21H28N4O4/c1-15-19(16(2)29-23-15)8-9-21(27)24(3)14-20(26)22-17-4-6-18(7-5-17)25-10-12-28-13-11-25/h4-7H,8-14H2,1-3H3,(H,22,26). The van der Waals surface area contributed by atoms with Gasteiger partial charge < -0.3 is 24.4 Å². The van der Waals surface area contributed by atoms with Crippen LogP contribution in [0, 0.1) is 13.8 Å². The smallest absolute Gasteiger partial charge is 0.243 e. The Bertz CT molecular complexity index is 821. The highest BCUT2D eigenvalue weighted by Crippen LogP contribution is 2.19. The van der Waals surface area contributed by atoms with E-state index in [0.717, 1.165) is 49.0 Å². The van der Waals surface area contributed by atoms with E-state index in [2.05, 4.69) is 15.4 Å². The number of rotatable bonds is 7. The largest absolute Gasteiger partial charge is 0.378 e. The number of hydrogen-bond donors (Lipinski definition) is 1. The molecule has 156 valence electrons. The van der Waals surface area contributed by atoms with Gasteiger partial charge in [0, 0.05) is 43.5 Å². The average Bonchev–Trinajstić information content (AvgIpc) is 3.04. The first-order valence-corrected chi connectivity index (χ1v) is 9.82. The monoisotopic (exact) mass is 400 g/mol. The van der Waals surface area contributed by atoms with Gasteiger partial charge in [0.2, 0.25) is 11.8 Å². The van der Waals surface area contributed by atoms with Crippen molar-refractivity contribution in [2.45, 2.75) is 26.7 Å². The highest BCUT2D eigenvalue weighted by atomic mass is 16.5. The molecule has 2 heterocycles. The van der Waals surface area contributed by atoms with Crippen molar-refractivity contribution < 1.29 is 18.8 Å². The lowest BCUT2D eigenvalue weighted by atomic mass is 10.1. The first-order valence-electron chi connectivity index (χ1n) is 9.82. The molecule has 3 rings (SSSR count). The second kappa shape index (κ2) is 9.56. The van der Waals surface area contributed by atoms with Crippen LogP contribution in [0.2, 0.25) is 0 Å². The fourth-order valence-electron chi connectivity index (χ4n) is 3.36. The van der Waals surface area contributed by atoms with Crippen LogP contribution in [0.15, 0.2) is 28.8 Å². The number of carbonyl (C=O) groups is 2. The quantitative estimate of drug-likeness (QED) is 0.766. The predicted molar refractivity (Wildman–Crippen MR) is 110 cm³/mol. The molecule has 8 nitrogen and oxygen atoms in total. The van der Waals surface area contributed by atoms with E-state index in [-0.39, 0.29) is 18.4 Å². The number of aromatic nitrogens is 1. The minimum atomic E-state index is -0.225. The van der Waals surface area contributed by atoms with E-state index in [9.17, 15) is 9.59 Å². The van der Waals surface area contributed by atoms with Crippen LogP contribution in [0.25, 0.3) is 0 Å². The summed E-state index contributed by atoms with van der Waals surface area (Å²) in [6.45, 7) is 6.90. The van der Waals surface area contributed by atoms with Crippen LogP contribution in [-0.4, -0.2) is 61.8 Å². The summed E-state index contributed by atoms with van der Waals surface area (Å²) in [5, 5.41) is 6.74. The Labute approximate surface area is 170 Å². The summed E-state index contributed by atoms with van der Waals surface area (Å²) in [5.41, 5.74) is 3.58. The maximum atomic E-state index is 12.3. The summed E-state index contributed by atoms with van der Waals surface area (Å²) in [7, 11) is 1.64. The summed E-state index contributed by atoms with van der Waals surface area (Å²) in [6.07, 6.45) is 0.857. The minimum absolute atomic E-state index is 0.00560. The molecular formula is C21H28N4O4. The molecular weight excluding hydrogens is 372 g/mol. The van der Waals surface area contributed by atoms with Crippen LogP contribution in [0.4, 0.5) is 11.4 Å². The zero-order valence-electron chi connectivity index (χ0n) is 17.2. The van der Waals surface area contributed by atoms with Crippen molar-refractivity contribution in [3.05, 3.63) is 41.3 Å². The van der Waals surface area contributed by atoms with Gasteiger partial charge >= 0.3 is 0 Å². The summed E-state index contributed by atoms with van der Waals surface area (Å²) in [5.74, 6) is 0.413. The van der Waals surface area contributed by atoms with E-state index >= 15 is 0 Å². The topological polar surface area (TPSA) is 87.9 Å². The zero-order valence-corrected chi connectivity index (χ0v) is 17.2. The van der Waals surface area contributed by atoms with Gasteiger partial charge in [0.05, 0.1) is 25.5 Å². The molecule has 1 aromatic carbocycles. The van der Waals surface area contributed by atoms with Crippen LogP contribution < -0.4 is 10.2 Å². The lowest BCUT2D eigenvalue weighted by Gasteiger charge is -2.28. The second-order valence-corrected chi connectivity index (χ2v) is 7.25. The van der Waals surface area contributed by atoms with Crippen LogP contribution in [0.3, 0.4) is 0 Å². The summed E-state index contributed by atoms with van der Waals surface area (Å²) in [6, 6.07) is 7.72. The maximum Gasteiger partial charge on any atom is 0.243 e. The third-order valence-corrected chi connectivity index (χ3v) is 5.10. The SMILES string of the molecule is Cc1noc(C)c1CCC(=O)N(C)CC(=O)Nc1ccc(N2CCOCC2)cc1. The number of nitrogens with one attached hydrogen (secondary N) is 1. The highest BCUT2D eigenvalue weighted by molar-refractivity contribution is 5.94. The molecule has 1 aliphatic heterocycles. The third kappa shape index (κ3) is 5.57. The molecule has 1 aliphatic rings. The molecule has 0 spiro atoms. The van der Waals surface area contributed by atoms with Gasteiger partial charge in [0.1, 0.15) is 5.76 Å². The molecule has 2 aromatic rings. The number of carbonyl (C=O) groups excluding carboxylic acids is 2. The Morgan fingerprint density at radius 1 is 1.17 bits per heavy atom. The normalized spacial score (nSPS) is 14.0. The molecule has 1 saturated heterocycles. The molecule has 0 radical (unpaired) electrons. The van der Waals surface area contributed by atoms with Gasteiger partial charge in [-0.1, -0.05) is 5.16 Å². The van der Waals surface area contributed by atoms with Crippen LogP contribution in [0.1, 0.15) is 23.4 Å².